The van der Waals surface area contributed by atoms with Gasteiger partial charge >= 0.3 is 0 Å². The number of nitrogens with zero attached hydrogens (tertiary/aromatic N) is 2. The Morgan fingerprint density at radius 3 is 3.18 bits per heavy atom. The lowest BCUT2D eigenvalue weighted by atomic mass is 10.1. The molecule has 0 N–H and O–H groups in total. The molecule has 92 valence electrons. The van der Waals surface area contributed by atoms with Crippen molar-refractivity contribution >= 4 is 12.1 Å². The van der Waals surface area contributed by atoms with E-state index in [-0.39, 0.29) is 6.10 Å². The number of aromatic nitrogens is 1. The molecule has 1 atom stereocenters. The van der Waals surface area contributed by atoms with Crippen LogP contribution in [0, 0.1) is 0 Å². The number of carbonyl (C=O) groups is 1. The summed E-state index contributed by atoms with van der Waals surface area (Å²) < 4.78 is 5.69. The van der Waals surface area contributed by atoms with Crippen LogP contribution in [-0.4, -0.2) is 37.6 Å². The molecule has 2 rings (SSSR count). The zero-order valence-electron chi connectivity index (χ0n) is 10.1. The quantitative estimate of drug-likeness (QED) is 0.746. The van der Waals surface area contributed by atoms with Crippen LogP contribution in [0.15, 0.2) is 18.3 Å². The number of aldehydes is 1. The summed E-state index contributed by atoms with van der Waals surface area (Å²) in [4.78, 5) is 17.2. The SMILES string of the molecule is CN(CC1CCCCO1)c1ncccc1C=O. The minimum absolute atomic E-state index is 0.259. The molecule has 0 aliphatic carbocycles. The Hall–Kier alpha value is -1.42. The molecule has 4 nitrogen and oxygen atoms in total. The Balaban J connectivity index is 2.02. The fraction of sp³-hybridized carbons (Fsp3) is 0.538. The van der Waals surface area contributed by atoms with Gasteiger partial charge in [0.2, 0.25) is 0 Å². The number of likely N-dealkylation sites (N-methyl/N-ethyl adjacent to an activating group) is 1. The standard InChI is InChI=1S/C13H18N2O2/c1-15(9-12-6-2-3-8-17-12)13-11(10-16)5-4-7-14-13/h4-5,7,10,12H,2-3,6,8-9H2,1H3. The van der Waals surface area contributed by atoms with E-state index in [4.69, 9.17) is 4.74 Å². The molecule has 1 aliphatic heterocycles. The molecule has 0 aromatic carbocycles. The first-order chi connectivity index (χ1) is 8.31. The summed E-state index contributed by atoms with van der Waals surface area (Å²) in [7, 11) is 1.95. The average molecular weight is 234 g/mol. The highest BCUT2D eigenvalue weighted by atomic mass is 16.5. The van der Waals surface area contributed by atoms with Gasteiger partial charge < -0.3 is 9.64 Å². The summed E-state index contributed by atoms with van der Waals surface area (Å²) in [5.74, 6) is 0.733. The lowest BCUT2D eigenvalue weighted by Crippen LogP contribution is -2.34. The Labute approximate surface area is 102 Å². The summed E-state index contributed by atoms with van der Waals surface area (Å²) in [6.07, 6.45) is 6.29. The molecule has 1 fully saturated rings. The van der Waals surface area contributed by atoms with Gasteiger partial charge in [-0.2, -0.15) is 0 Å². The lowest BCUT2D eigenvalue weighted by Gasteiger charge is -2.28. The van der Waals surface area contributed by atoms with Crippen LogP contribution in [0.5, 0.6) is 0 Å². The fourth-order valence-electron chi connectivity index (χ4n) is 2.16. The number of pyridine rings is 1. The molecule has 1 unspecified atom stereocenters. The molecule has 2 heterocycles. The van der Waals surface area contributed by atoms with Crippen molar-refractivity contribution in [2.24, 2.45) is 0 Å². The van der Waals surface area contributed by atoms with Crippen molar-refractivity contribution in [2.75, 3.05) is 25.1 Å². The number of anilines is 1. The van der Waals surface area contributed by atoms with Gasteiger partial charge in [-0.3, -0.25) is 4.79 Å². The molecule has 0 saturated carbocycles. The van der Waals surface area contributed by atoms with Gasteiger partial charge in [-0.1, -0.05) is 0 Å². The van der Waals surface area contributed by atoms with E-state index in [1.54, 1.807) is 18.3 Å². The van der Waals surface area contributed by atoms with Gasteiger partial charge in [-0.25, -0.2) is 4.98 Å². The van der Waals surface area contributed by atoms with E-state index < -0.39 is 0 Å². The summed E-state index contributed by atoms with van der Waals surface area (Å²) >= 11 is 0. The molecule has 17 heavy (non-hydrogen) atoms. The molecule has 1 aliphatic rings. The molecular formula is C13H18N2O2. The van der Waals surface area contributed by atoms with E-state index in [0.29, 0.717) is 5.56 Å². The Bertz CT molecular complexity index is 375. The number of rotatable bonds is 4. The van der Waals surface area contributed by atoms with Gasteiger partial charge in [0.05, 0.1) is 11.7 Å². The highest BCUT2D eigenvalue weighted by Crippen LogP contribution is 2.18. The van der Waals surface area contributed by atoms with Crippen molar-refractivity contribution in [1.29, 1.82) is 0 Å². The summed E-state index contributed by atoms with van der Waals surface area (Å²) in [5.41, 5.74) is 0.630. The van der Waals surface area contributed by atoms with Crippen molar-refractivity contribution in [3.05, 3.63) is 23.9 Å². The van der Waals surface area contributed by atoms with Gasteiger partial charge in [0.25, 0.3) is 0 Å². The van der Waals surface area contributed by atoms with Gasteiger partial charge in [-0.05, 0) is 31.4 Å². The minimum Gasteiger partial charge on any atom is -0.376 e. The van der Waals surface area contributed by atoms with E-state index in [1.165, 1.54) is 6.42 Å². The van der Waals surface area contributed by atoms with Crippen LogP contribution in [-0.2, 0) is 4.74 Å². The third kappa shape index (κ3) is 3.03. The van der Waals surface area contributed by atoms with E-state index in [0.717, 1.165) is 38.1 Å². The zero-order valence-corrected chi connectivity index (χ0v) is 10.1. The molecule has 1 aromatic heterocycles. The molecule has 4 heteroatoms. The predicted octanol–water partition coefficient (Wildman–Crippen LogP) is 1.90. The third-order valence-electron chi connectivity index (χ3n) is 3.06. The van der Waals surface area contributed by atoms with Crippen LogP contribution < -0.4 is 4.90 Å². The van der Waals surface area contributed by atoms with Crippen molar-refractivity contribution in [3.8, 4) is 0 Å². The maximum Gasteiger partial charge on any atom is 0.153 e. The van der Waals surface area contributed by atoms with Crippen LogP contribution in [0.4, 0.5) is 5.82 Å². The zero-order chi connectivity index (χ0) is 12.1. The summed E-state index contributed by atoms with van der Waals surface area (Å²) in [6.45, 7) is 1.64. The minimum atomic E-state index is 0.259. The van der Waals surface area contributed by atoms with Crippen LogP contribution in [0.25, 0.3) is 0 Å². The second-order valence-corrected chi connectivity index (χ2v) is 4.40. The van der Waals surface area contributed by atoms with E-state index in [1.807, 2.05) is 11.9 Å². The lowest BCUT2D eigenvalue weighted by molar-refractivity contribution is 0.0215. The molecule has 1 aromatic rings. The van der Waals surface area contributed by atoms with Gasteiger partial charge in [-0.15, -0.1) is 0 Å². The Morgan fingerprint density at radius 1 is 1.59 bits per heavy atom. The van der Waals surface area contributed by atoms with Crippen molar-refractivity contribution in [1.82, 2.24) is 4.98 Å². The number of hydrogen-bond donors (Lipinski definition) is 0. The molecule has 0 radical (unpaired) electrons. The molecule has 1 saturated heterocycles. The fourth-order valence-corrected chi connectivity index (χ4v) is 2.16. The average Bonchev–Trinajstić information content (AvgIpc) is 2.40. The van der Waals surface area contributed by atoms with Gasteiger partial charge in [0.1, 0.15) is 5.82 Å². The maximum atomic E-state index is 10.9. The summed E-state index contributed by atoms with van der Waals surface area (Å²) in [6, 6.07) is 3.56. The number of carbonyl (C=O) groups excluding carboxylic acids is 1. The second kappa shape index (κ2) is 5.77. The predicted molar refractivity (Wildman–Crippen MR) is 66.5 cm³/mol. The first kappa shape index (κ1) is 12.0. The highest BCUT2D eigenvalue weighted by molar-refractivity contribution is 5.82. The normalized spacial score (nSPS) is 19.9. The van der Waals surface area contributed by atoms with Crippen molar-refractivity contribution in [2.45, 2.75) is 25.4 Å². The van der Waals surface area contributed by atoms with Crippen molar-refractivity contribution < 1.29 is 9.53 Å². The third-order valence-corrected chi connectivity index (χ3v) is 3.06. The van der Waals surface area contributed by atoms with Gasteiger partial charge in [0.15, 0.2) is 6.29 Å². The largest absolute Gasteiger partial charge is 0.376 e. The number of hydrogen-bond acceptors (Lipinski definition) is 4. The smallest absolute Gasteiger partial charge is 0.153 e. The topological polar surface area (TPSA) is 42.4 Å². The van der Waals surface area contributed by atoms with Crippen molar-refractivity contribution in [3.63, 3.8) is 0 Å². The molecule has 0 spiro atoms. The molecule has 0 amide bonds. The molecule has 0 bridgehead atoms. The summed E-state index contributed by atoms with van der Waals surface area (Å²) in [5, 5.41) is 0. The first-order valence-electron chi connectivity index (χ1n) is 6.04. The van der Waals surface area contributed by atoms with E-state index in [2.05, 4.69) is 4.98 Å². The van der Waals surface area contributed by atoms with Gasteiger partial charge in [0, 0.05) is 26.4 Å². The van der Waals surface area contributed by atoms with Crippen LogP contribution in [0.3, 0.4) is 0 Å². The first-order valence-corrected chi connectivity index (χ1v) is 6.04. The molecular weight excluding hydrogens is 216 g/mol. The Kier molecular flexibility index (Phi) is 4.09. The maximum absolute atomic E-state index is 10.9. The monoisotopic (exact) mass is 234 g/mol. The highest BCUT2D eigenvalue weighted by Gasteiger charge is 2.17. The van der Waals surface area contributed by atoms with E-state index >= 15 is 0 Å². The van der Waals surface area contributed by atoms with E-state index in [9.17, 15) is 4.79 Å². The van der Waals surface area contributed by atoms with Crippen LogP contribution in [0.2, 0.25) is 0 Å². The van der Waals surface area contributed by atoms with Crippen LogP contribution >= 0.6 is 0 Å². The number of ether oxygens (including phenoxy) is 1. The van der Waals surface area contributed by atoms with Crippen LogP contribution in [0.1, 0.15) is 29.6 Å². The Morgan fingerprint density at radius 2 is 2.47 bits per heavy atom. The second-order valence-electron chi connectivity index (χ2n) is 4.40.